The average molecular weight is 468 g/mol. The molecule has 182 valence electrons. The summed E-state index contributed by atoms with van der Waals surface area (Å²) in [6, 6.07) is 13.5. The van der Waals surface area contributed by atoms with Crippen LogP contribution in [0.5, 0.6) is 11.5 Å². The lowest BCUT2D eigenvalue weighted by Gasteiger charge is -2.26. The molecule has 0 fully saturated rings. The maximum Gasteiger partial charge on any atom is 0.435 e. The first kappa shape index (κ1) is 24.0. The summed E-state index contributed by atoms with van der Waals surface area (Å²) in [5.74, 6) is 1.51. The number of carbonyl (C=O) groups is 1. The smallest absolute Gasteiger partial charge is 0.435 e. The van der Waals surface area contributed by atoms with Crippen molar-refractivity contribution in [3.05, 3.63) is 53.7 Å². The zero-order valence-electron chi connectivity index (χ0n) is 20.2. The fraction of sp³-hybridized carbons (Fsp3) is 0.462. The molecule has 1 unspecified atom stereocenters. The van der Waals surface area contributed by atoms with Crippen molar-refractivity contribution in [2.24, 2.45) is 0 Å². The largest absolute Gasteiger partial charge is 0.490 e. The fourth-order valence-corrected chi connectivity index (χ4v) is 4.06. The van der Waals surface area contributed by atoms with Gasteiger partial charge in [-0.15, -0.1) is 0 Å². The van der Waals surface area contributed by atoms with Gasteiger partial charge >= 0.3 is 6.09 Å². The number of aliphatic hydroxyl groups excluding tert-OH is 1. The highest BCUT2D eigenvalue weighted by Crippen LogP contribution is 2.29. The summed E-state index contributed by atoms with van der Waals surface area (Å²) in [6.07, 6.45) is 0.776. The van der Waals surface area contributed by atoms with E-state index in [2.05, 4.69) is 16.5 Å². The molecule has 1 aromatic heterocycles. The highest BCUT2D eigenvalue weighted by molar-refractivity contribution is 5.93. The molecule has 0 amide bonds. The van der Waals surface area contributed by atoms with Crippen molar-refractivity contribution in [2.75, 3.05) is 19.7 Å². The molecule has 34 heavy (non-hydrogen) atoms. The number of ether oxygens (including phenoxy) is 3. The average Bonchev–Trinajstić information content (AvgIpc) is 3.14. The number of aliphatic hydroxyl groups is 1. The van der Waals surface area contributed by atoms with Crippen molar-refractivity contribution in [2.45, 2.75) is 58.3 Å². The Kier molecular flexibility index (Phi) is 7.09. The summed E-state index contributed by atoms with van der Waals surface area (Å²) in [5.41, 5.74) is 1.87. The molecule has 2 atom stereocenters. The van der Waals surface area contributed by atoms with E-state index in [1.807, 2.05) is 52.0 Å². The summed E-state index contributed by atoms with van der Waals surface area (Å²) >= 11 is 0. The zero-order chi connectivity index (χ0) is 24.3. The van der Waals surface area contributed by atoms with Crippen molar-refractivity contribution < 1.29 is 24.1 Å². The molecule has 2 heterocycles. The van der Waals surface area contributed by atoms with E-state index in [0.717, 1.165) is 24.0 Å². The molecule has 8 nitrogen and oxygen atoms in total. The van der Waals surface area contributed by atoms with Crippen LogP contribution in [0.3, 0.4) is 0 Å². The van der Waals surface area contributed by atoms with Gasteiger partial charge < -0.3 is 24.6 Å². The third-order valence-corrected chi connectivity index (χ3v) is 5.60. The number of aromatic nitrogens is 2. The molecule has 2 N–H and O–H groups in total. The van der Waals surface area contributed by atoms with Gasteiger partial charge in [0.25, 0.3) is 0 Å². The van der Waals surface area contributed by atoms with Crippen molar-refractivity contribution in [1.29, 1.82) is 0 Å². The molecule has 8 heteroatoms. The van der Waals surface area contributed by atoms with Crippen LogP contribution in [0.2, 0.25) is 0 Å². The number of hydrogen-bond acceptors (Lipinski definition) is 7. The van der Waals surface area contributed by atoms with E-state index in [0.29, 0.717) is 30.0 Å². The molecule has 0 saturated heterocycles. The van der Waals surface area contributed by atoms with E-state index in [1.165, 1.54) is 10.2 Å². The summed E-state index contributed by atoms with van der Waals surface area (Å²) < 4.78 is 18.7. The van der Waals surface area contributed by atoms with E-state index in [4.69, 9.17) is 14.2 Å². The molecule has 1 aliphatic heterocycles. The number of carbonyl (C=O) groups excluding carboxylic acids is 1. The monoisotopic (exact) mass is 467 g/mol. The third-order valence-electron chi connectivity index (χ3n) is 5.60. The molecular formula is C26H33N3O5. The van der Waals surface area contributed by atoms with Crippen LogP contribution in [0.25, 0.3) is 10.9 Å². The van der Waals surface area contributed by atoms with Crippen molar-refractivity contribution in [1.82, 2.24) is 15.1 Å². The van der Waals surface area contributed by atoms with E-state index < -0.39 is 17.8 Å². The molecule has 0 saturated carbocycles. The Bertz CT molecular complexity index is 1150. The maximum atomic E-state index is 12.6. The van der Waals surface area contributed by atoms with Gasteiger partial charge in [0.1, 0.15) is 35.9 Å². The number of para-hydroxylation sites is 1. The van der Waals surface area contributed by atoms with Gasteiger partial charge in [0.05, 0.1) is 16.6 Å². The number of rotatable bonds is 7. The Morgan fingerprint density at radius 1 is 1.26 bits per heavy atom. The number of benzene rings is 2. The van der Waals surface area contributed by atoms with Crippen molar-refractivity contribution in [3.63, 3.8) is 0 Å². The number of hydrogen-bond donors (Lipinski definition) is 2. The van der Waals surface area contributed by atoms with Gasteiger partial charge in [0.2, 0.25) is 0 Å². The first-order valence-electron chi connectivity index (χ1n) is 11.7. The Labute approximate surface area is 199 Å². The van der Waals surface area contributed by atoms with Crippen LogP contribution in [0.4, 0.5) is 4.79 Å². The molecule has 1 aliphatic rings. The van der Waals surface area contributed by atoms with Crippen LogP contribution in [-0.2, 0) is 11.2 Å². The summed E-state index contributed by atoms with van der Waals surface area (Å²) in [6.45, 7) is 8.40. The van der Waals surface area contributed by atoms with Gasteiger partial charge in [-0.2, -0.15) is 9.78 Å². The quantitative estimate of drug-likeness (QED) is 0.545. The van der Waals surface area contributed by atoms with Crippen LogP contribution in [0, 0.1) is 6.92 Å². The van der Waals surface area contributed by atoms with Gasteiger partial charge in [-0.3, -0.25) is 0 Å². The Hall–Kier alpha value is -3.10. The molecule has 0 aliphatic carbocycles. The van der Waals surface area contributed by atoms with E-state index in [9.17, 15) is 9.90 Å². The van der Waals surface area contributed by atoms with Crippen molar-refractivity contribution in [3.8, 4) is 11.5 Å². The highest BCUT2D eigenvalue weighted by atomic mass is 16.6. The zero-order valence-corrected chi connectivity index (χ0v) is 20.2. The lowest BCUT2D eigenvalue weighted by molar-refractivity contribution is 0.0522. The van der Waals surface area contributed by atoms with Gasteiger partial charge in [-0.1, -0.05) is 24.3 Å². The Morgan fingerprint density at radius 2 is 2.06 bits per heavy atom. The fourth-order valence-electron chi connectivity index (χ4n) is 4.06. The summed E-state index contributed by atoms with van der Waals surface area (Å²) in [5, 5.41) is 18.8. The normalized spacial score (nSPS) is 16.6. The summed E-state index contributed by atoms with van der Waals surface area (Å²) in [7, 11) is 0. The van der Waals surface area contributed by atoms with Gasteiger partial charge in [-0.25, -0.2) is 4.79 Å². The Balaban J connectivity index is 1.31. The Morgan fingerprint density at radius 3 is 2.85 bits per heavy atom. The van der Waals surface area contributed by atoms with Crippen molar-refractivity contribution >= 4 is 17.0 Å². The van der Waals surface area contributed by atoms with Crippen LogP contribution < -0.4 is 14.8 Å². The second-order valence-electron chi connectivity index (χ2n) is 9.64. The van der Waals surface area contributed by atoms with E-state index >= 15 is 0 Å². The van der Waals surface area contributed by atoms with Crippen LogP contribution in [-0.4, -0.2) is 58.5 Å². The third kappa shape index (κ3) is 5.69. The van der Waals surface area contributed by atoms with Gasteiger partial charge in [0, 0.05) is 13.1 Å². The number of fused-ring (bicyclic) bond motifs is 2. The standard InChI is InChI=1S/C26H33N3O5/c1-17-24-21(29(28-17)25(31)34-26(2,3)4)9-7-11-23(24)32-16-19(30)14-27-15-20-13-12-18-8-5-6-10-22(18)33-20/h5-11,19-20,27,30H,12-16H2,1-4H3/t19-,20?/m0/s1. The number of nitrogens with zero attached hydrogens (tertiary/aromatic N) is 2. The summed E-state index contributed by atoms with van der Waals surface area (Å²) in [4.78, 5) is 12.6. The minimum absolute atomic E-state index is 0.0816. The minimum Gasteiger partial charge on any atom is -0.490 e. The second-order valence-corrected chi connectivity index (χ2v) is 9.64. The number of aryl methyl sites for hydroxylation is 2. The SMILES string of the molecule is Cc1nn(C(=O)OC(C)(C)C)c2cccc(OC[C@@H](O)CNCC3CCc4ccccc4O3)c12. The molecule has 2 aromatic carbocycles. The molecule has 4 rings (SSSR count). The highest BCUT2D eigenvalue weighted by Gasteiger charge is 2.23. The molecular weight excluding hydrogens is 434 g/mol. The van der Waals surface area contributed by atoms with E-state index in [-0.39, 0.29) is 12.7 Å². The molecule has 3 aromatic rings. The second kappa shape index (κ2) is 10.0. The predicted molar refractivity (Wildman–Crippen MR) is 130 cm³/mol. The topological polar surface area (TPSA) is 94.8 Å². The molecule has 0 radical (unpaired) electrons. The lowest BCUT2D eigenvalue weighted by atomic mass is 10.0. The van der Waals surface area contributed by atoms with Gasteiger partial charge in [0.15, 0.2) is 0 Å². The van der Waals surface area contributed by atoms with Crippen LogP contribution >= 0.6 is 0 Å². The first-order chi connectivity index (χ1) is 16.2. The number of nitrogens with one attached hydrogen (secondary N) is 1. The predicted octanol–water partition coefficient (Wildman–Crippen LogP) is 3.85. The molecule has 0 spiro atoms. The maximum absolute atomic E-state index is 12.6. The van der Waals surface area contributed by atoms with Gasteiger partial charge in [-0.05, 0) is 64.3 Å². The lowest BCUT2D eigenvalue weighted by Crippen LogP contribution is -2.39. The van der Waals surface area contributed by atoms with Crippen LogP contribution in [0.1, 0.15) is 38.4 Å². The first-order valence-corrected chi connectivity index (χ1v) is 11.7. The van der Waals surface area contributed by atoms with Crippen LogP contribution in [0.15, 0.2) is 42.5 Å². The minimum atomic E-state index is -0.702. The molecule has 0 bridgehead atoms. The van der Waals surface area contributed by atoms with E-state index in [1.54, 1.807) is 12.1 Å².